The van der Waals surface area contributed by atoms with Gasteiger partial charge in [0.1, 0.15) is 10.7 Å². The van der Waals surface area contributed by atoms with Crippen LogP contribution in [0.4, 0.5) is 4.79 Å². The average molecular weight is 383 g/mol. The molecule has 1 aliphatic heterocycles. The molecule has 1 heterocycles. The normalized spacial score (nSPS) is 16.5. The lowest BCUT2D eigenvalue weighted by atomic mass is 10.3. The Bertz CT molecular complexity index is 880. The van der Waals surface area contributed by atoms with Gasteiger partial charge in [0.15, 0.2) is 5.75 Å². The highest BCUT2D eigenvalue weighted by atomic mass is 32.2. The van der Waals surface area contributed by atoms with E-state index in [-0.39, 0.29) is 16.7 Å². The van der Waals surface area contributed by atoms with E-state index in [0.29, 0.717) is 5.84 Å². The fourth-order valence-corrected chi connectivity index (χ4v) is 2.99. The first-order chi connectivity index (χ1) is 12.2. The van der Waals surface area contributed by atoms with Gasteiger partial charge in [0.2, 0.25) is 6.29 Å². The van der Waals surface area contributed by atoms with Crippen molar-refractivity contribution in [3.05, 3.63) is 24.3 Å². The lowest BCUT2D eigenvalue weighted by Crippen LogP contribution is -2.47. The highest BCUT2D eigenvalue weighted by molar-refractivity contribution is 7.90. The van der Waals surface area contributed by atoms with Crippen LogP contribution in [0.3, 0.4) is 0 Å². The van der Waals surface area contributed by atoms with Crippen molar-refractivity contribution >= 4 is 33.9 Å². The number of amidine groups is 2. The van der Waals surface area contributed by atoms with E-state index in [4.69, 9.17) is 9.47 Å². The van der Waals surface area contributed by atoms with Crippen molar-refractivity contribution < 1.29 is 27.5 Å². The molecule has 0 fully saturated rings. The molecular weight excluding hydrogens is 366 g/mol. The maximum Gasteiger partial charge on any atom is 0.331 e. The summed E-state index contributed by atoms with van der Waals surface area (Å²) < 4.78 is 36.4. The van der Waals surface area contributed by atoms with Gasteiger partial charge in [-0.25, -0.2) is 22.9 Å². The summed E-state index contributed by atoms with van der Waals surface area (Å²) in [5.41, 5.74) is 0. The number of methoxy groups -OCH3 is 1. The number of nitrogens with zero attached hydrogens (tertiary/aromatic N) is 2. The highest BCUT2D eigenvalue weighted by Gasteiger charge is 2.24. The van der Waals surface area contributed by atoms with Crippen molar-refractivity contribution in [2.24, 2.45) is 9.98 Å². The Balaban J connectivity index is 2.15. The molecule has 1 aliphatic rings. The van der Waals surface area contributed by atoms with Gasteiger partial charge in [-0.3, -0.25) is 15.4 Å². The minimum atomic E-state index is -4.30. The summed E-state index contributed by atoms with van der Waals surface area (Å²) in [7, 11) is -2.93. The van der Waals surface area contributed by atoms with Gasteiger partial charge in [-0.2, -0.15) is 4.99 Å². The second-order valence-electron chi connectivity index (χ2n) is 4.97. The predicted octanol–water partition coefficient (Wildman–Crippen LogP) is -0.0926. The van der Waals surface area contributed by atoms with Crippen LogP contribution in [0.25, 0.3) is 0 Å². The smallest absolute Gasteiger partial charge is 0.331 e. The molecule has 12 heteroatoms. The second-order valence-corrected chi connectivity index (χ2v) is 6.62. The molecule has 0 aromatic heterocycles. The number of hydrogen-bond acceptors (Lipinski definition) is 9. The van der Waals surface area contributed by atoms with Crippen LogP contribution in [-0.4, -0.2) is 45.7 Å². The third-order valence-electron chi connectivity index (χ3n) is 2.92. The lowest BCUT2D eigenvalue weighted by molar-refractivity contribution is -0.132. The molecule has 1 aromatic carbocycles. The fourth-order valence-electron chi connectivity index (χ4n) is 1.95. The maximum atomic E-state index is 12.4. The number of aliphatic imine (C=N–C) groups is 2. The first kappa shape index (κ1) is 19.2. The molecule has 3 N–H and O–H groups in total. The van der Waals surface area contributed by atoms with E-state index in [0.717, 1.165) is 6.92 Å². The molecule has 2 amide bonds. The number of nitrogens with one attached hydrogen (secondary N) is 3. The van der Waals surface area contributed by atoms with Crippen molar-refractivity contribution in [2.45, 2.75) is 25.0 Å². The molecule has 0 saturated heterocycles. The molecule has 26 heavy (non-hydrogen) atoms. The third kappa shape index (κ3) is 4.92. The monoisotopic (exact) mass is 383 g/mol. The number of urea groups is 1. The Morgan fingerprint density at radius 1 is 1.23 bits per heavy atom. The molecule has 0 aliphatic carbocycles. The molecule has 11 nitrogen and oxygen atoms in total. The van der Waals surface area contributed by atoms with Crippen LogP contribution in [0.15, 0.2) is 39.1 Å². The summed E-state index contributed by atoms with van der Waals surface area (Å²) in [5, 5.41) is 4.98. The number of sulfonamides is 1. The summed E-state index contributed by atoms with van der Waals surface area (Å²) in [6, 6.07) is 4.46. The first-order valence-electron chi connectivity index (χ1n) is 7.25. The van der Waals surface area contributed by atoms with Crippen molar-refractivity contribution in [2.75, 3.05) is 7.11 Å². The quantitative estimate of drug-likeness (QED) is 0.486. The van der Waals surface area contributed by atoms with Gasteiger partial charge in [0.25, 0.3) is 16.0 Å². The lowest BCUT2D eigenvalue weighted by Gasteiger charge is -2.19. The molecule has 1 aromatic rings. The number of esters is 1. The topological polar surface area (TPSA) is 148 Å². The van der Waals surface area contributed by atoms with Crippen LogP contribution in [0.2, 0.25) is 0 Å². The molecule has 0 bridgehead atoms. The van der Waals surface area contributed by atoms with Gasteiger partial charge >= 0.3 is 12.0 Å². The largest absolute Gasteiger partial charge is 0.468 e. The van der Waals surface area contributed by atoms with Crippen LogP contribution in [0.5, 0.6) is 5.75 Å². The van der Waals surface area contributed by atoms with Gasteiger partial charge in [0.05, 0.1) is 7.11 Å². The second kappa shape index (κ2) is 7.82. The molecule has 0 spiro atoms. The van der Waals surface area contributed by atoms with E-state index in [1.54, 1.807) is 6.92 Å². The molecule has 0 saturated carbocycles. The van der Waals surface area contributed by atoms with Crippen molar-refractivity contribution in [3.63, 3.8) is 0 Å². The summed E-state index contributed by atoms with van der Waals surface area (Å²) >= 11 is 0. The van der Waals surface area contributed by atoms with Crippen LogP contribution < -0.4 is 20.1 Å². The Morgan fingerprint density at radius 2 is 1.92 bits per heavy atom. The van der Waals surface area contributed by atoms with Gasteiger partial charge in [0, 0.05) is 6.92 Å². The number of carbonyl (C=O) groups excluding carboxylic acids is 2. The number of para-hydroxylation sites is 1. The SMILES string of the molecule is COC1=NC(NC(=O)NS(=O)(=O)c2ccccc2OC(C)=O)N=C(C)N1. The Hall–Kier alpha value is -3.15. The molecular formula is C14H17N5O6S. The zero-order valence-electron chi connectivity index (χ0n) is 14.1. The van der Waals surface area contributed by atoms with E-state index in [2.05, 4.69) is 20.6 Å². The van der Waals surface area contributed by atoms with Crippen LogP contribution >= 0.6 is 0 Å². The molecule has 140 valence electrons. The Morgan fingerprint density at radius 3 is 2.58 bits per heavy atom. The standard InChI is InChI=1S/C14H17N5O6S/c1-8-15-12(18-14(16-8)24-3)17-13(21)19-26(22,23)11-7-5-4-6-10(11)25-9(2)20/h4-7,12H,1-3H3,(H,15,16,18)(H2,17,19,21). The zero-order chi connectivity index (χ0) is 19.3. The maximum absolute atomic E-state index is 12.4. The van der Waals surface area contributed by atoms with Crippen molar-refractivity contribution in [3.8, 4) is 5.75 Å². The number of benzene rings is 1. The summed E-state index contributed by atoms with van der Waals surface area (Å²) in [5.74, 6) is -0.473. The zero-order valence-corrected chi connectivity index (χ0v) is 15.0. The number of carbonyl (C=O) groups is 2. The molecule has 0 radical (unpaired) electrons. The molecule has 1 atom stereocenters. The van der Waals surface area contributed by atoms with Crippen LogP contribution in [0, 0.1) is 0 Å². The van der Waals surface area contributed by atoms with Crippen LogP contribution in [0.1, 0.15) is 13.8 Å². The van der Waals surface area contributed by atoms with E-state index in [1.807, 2.05) is 4.72 Å². The Kier molecular flexibility index (Phi) is 5.77. The van der Waals surface area contributed by atoms with Crippen molar-refractivity contribution in [1.82, 2.24) is 15.4 Å². The summed E-state index contributed by atoms with van der Waals surface area (Å²) in [6.45, 7) is 2.75. The minimum absolute atomic E-state index is 0.117. The number of hydrogen-bond donors (Lipinski definition) is 3. The number of ether oxygens (including phenoxy) is 2. The first-order valence-corrected chi connectivity index (χ1v) is 8.73. The summed E-state index contributed by atoms with van der Waals surface area (Å²) in [6.07, 6.45) is -1.06. The van der Waals surface area contributed by atoms with Crippen molar-refractivity contribution in [1.29, 1.82) is 0 Å². The van der Waals surface area contributed by atoms with E-state index in [1.165, 1.54) is 31.4 Å². The predicted molar refractivity (Wildman–Crippen MR) is 91.1 cm³/mol. The number of amides is 2. The Labute approximate surface area is 149 Å². The van der Waals surface area contributed by atoms with E-state index in [9.17, 15) is 18.0 Å². The van der Waals surface area contributed by atoms with Gasteiger partial charge < -0.3 is 9.47 Å². The van der Waals surface area contributed by atoms with E-state index >= 15 is 0 Å². The highest BCUT2D eigenvalue weighted by Crippen LogP contribution is 2.23. The minimum Gasteiger partial charge on any atom is -0.468 e. The van der Waals surface area contributed by atoms with E-state index < -0.39 is 28.3 Å². The molecule has 1 unspecified atom stereocenters. The fraction of sp³-hybridized carbons (Fsp3) is 0.286. The van der Waals surface area contributed by atoms with Gasteiger partial charge in [-0.1, -0.05) is 12.1 Å². The summed E-state index contributed by atoms with van der Waals surface area (Å²) in [4.78, 5) is 30.7. The van der Waals surface area contributed by atoms with Gasteiger partial charge in [-0.15, -0.1) is 0 Å². The number of rotatable bonds is 4. The van der Waals surface area contributed by atoms with Crippen LogP contribution in [-0.2, 0) is 19.6 Å². The average Bonchev–Trinajstić information content (AvgIpc) is 2.53. The van der Waals surface area contributed by atoms with Gasteiger partial charge in [-0.05, 0) is 19.1 Å². The third-order valence-corrected chi connectivity index (χ3v) is 4.29. The molecule has 2 rings (SSSR count).